The Morgan fingerprint density at radius 2 is 1.67 bits per heavy atom. The Morgan fingerprint density at radius 3 is 1.93 bits per heavy atom. The summed E-state index contributed by atoms with van der Waals surface area (Å²) in [6.07, 6.45) is -4.47. The molecule has 0 aliphatic rings. The van der Waals surface area contributed by atoms with Gasteiger partial charge in [-0.1, -0.05) is 0 Å². The summed E-state index contributed by atoms with van der Waals surface area (Å²) in [5.41, 5.74) is 0. The molecule has 3 unspecified atom stereocenters. The van der Waals surface area contributed by atoms with Gasteiger partial charge < -0.3 is 30.3 Å². The molecule has 7 heteroatoms. The smallest absolute Gasteiger partial charge is 0.189 e. The van der Waals surface area contributed by atoms with E-state index in [1.54, 1.807) is 0 Å². The van der Waals surface area contributed by atoms with Crippen molar-refractivity contribution in [2.45, 2.75) is 25.2 Å². The average Bonchev–Trinajstić information content (AvgIpc) is 2.25. The molecule has 0 rings (SSSR count). The van der Waals surface area contributed by atoms with Crippen LogP contribution in [-0.4, -0.2) is 69.1 Å². The fourth-order valence-corrected chi connectivity index (χ4v) is 0.602. The number of aldehydes is 1. The first-order chi connectivity index (χ1) is 6.95. The number of aliphatic hydroxyl groups excluding tert-OH is 5. The maximum atomic E-state index is 10.5. The molecule has 0 aliphatic carbocycles. The lowest BCUT2D eigenvalue weighted by atomic mass is 10.1. The molecular weight excluding hydrogens is 208 g/mol. The van der Waals surface area contributed by atoms with E-state index in [1.165, 1.54) is 6.92 Å². The molecule has 0 heterocycles. The van der Waals surface area contributed by atoms with E-state index in [-0.39, 0.29) is 0 Å². The van der Waals surface area contributed by atoms with Crippen molar-refractivity contribution in [3.63, 3.8) is 0 Å². The normalized spacial score (nSPS) is 15.6. The van der Waals surface area contributed by atoms with Crippen LogP contribution in [0.4, 0.5) is 0 Å². The molecule has 7 nitrogen and oxygen atoms in total. The Kier molecular flexibility index (Phi) is 10.7. The second-order valence-electron chi connectivity index (χ2n) is 2.55. The van der Waals surface area contributed by atoms with Gasteiger partial charge in [-0.15, -0.1) is 0 Å². The average molecular weight is 224 g/mol. The zero-order chi connectivity index (χ0) is 12.4. The highest BCUT2D eigenvalue weighted by Crippen LogP contribution is 2.00. The van der Waals surface area contributed by atoms with E-state index in [1.807, 2.05) is 0 Å². The van der Waals surface area contributed by atoms with Gasteiger partial charge >= 0.3 is 0 Å². The van der Waals surface area contributed by atoms with E-state index in [2.05, 4.69) is 0 Å². The van der Waals surface area contributed by atoms with E-state index in [4.69, 9.17) is 30.3 Å². The summed E-state index contributed by atoms with van der Waals surface area (Å²) < 4.78 is 0. The van der Waals surface area contributed by atoms with E-state index in [0.29, 0.717) is 0 Å². The fourth-order valence-electron chi connectivity index (χ4n) is 0.602. The van der Waals surface area contributed by atoms with Crippen LogP contribution in [0.2, 0.25) is 0 Å². The van der Waals surface area contributed by atoms with E-state index in [0.717, 1.165) is 6.29 Å². The third-order valence-corrected chi connectivity index (χ3v) is 1.39. The van der Waals surface area contributed by atoms with Crippen LogP contribution in [0.5, 0.6) is 0 Å². The van der Waals surface area contributed by atoms with E-state index < -0.39 is 37.3 Å². The van der Waals surface area contributed by atoms with Gasteiger partial charge in [0.25, 0.3) is 0 Å². The maximum absolute atomic E-state index is 10.5. The van der Waals surface area contributed by atoms with Gasteiger partial charge in [0.05, 0.1) is 6.61 Å². The first-order valence-corrected chi connectivity index (χ1v) is 4.14. The minimum Gasteiger partial charge on any atom is -0.394 e. The maximum Gasteiger partial charge on any atom is 0.189 e. The summed E-state index contributed by atoms with van der Waals surface area (Å²) in [4.78, 5) is 19.3. The summed E-state index contributed by atoms with van der Waals surface area (Å²) in [5, 5.41) is 43.1. The van der Waals surface area contributed by atoms with Crippen molar-refractivity contribution in [2.75, 3.05) is 13.2 Å². The molecule has 3 atom stereocenters. The van der Waals surface area contributed by atoms with Crippen LogP contribution in [0.3, 0.4) is 0 Å². The van der Waals surface area contributed by atoms with Crippen LogP contribution in [0.25, 0.3) is 0 Å². The highest BCUT2D eigenvalue weighted by Gasteiger charge is 2.28. The first kappa shape index (κ1) is 16.6. The van der Waals surface area contributed by atoms with Crippen molar-refractivity contribution in [1.82, 2.24) is 0 Å². The molecular formula is C8H16O7. The van der Waals surface area contributed by atoms with Crippen molar-refractivity contribution in [3.05, 3.63) is 0 Å². The quantitative estimate of drug-likeness (QED) is 0.311. The van der Waals surface area contributed by atoms with Gasteiger partial charge in [0.1, 0.15) is 31.2 Å². The summed E-state index contributed by atoms with van der Waals surface area (Å²) >= 11 is 0. The lowest BCUT2D eigenvalue weighted by Crippen LogP contribution is -2.44. The lowest BCUT2D eigenvalue weighted by molar-refractivity contribution is -0.142. The van der Waals surface area contributed by atoms with Gasteiger partial charge in [0.2, 0.25) is 0 Å². The largest absolute Gasteiger partial charge is 0.394 e. The van der Waals surface area contributed by atoms with Crippen LogP contribution in [0.1, 0.15) is 6.92 Å². The predicted molar refractivity (Wildman–Crippen MR) is 48.9 cm³/mol. The number of ketones is 1. The summed E-state index contributed by atoms with van der Waals surface area (Å²) in [6, 6.07) is 0. The lowest BCUT2D eigenvalue weighted by Gasteiger charge is -2.19. The van der Waals surface area contributed by atoms with Crippen molar-refractivity contribution in [3.8, 4) is 0 Å². The van der Waals surface area contributed by atoms with Gasteiger partial charge in [-0.3, -0.25) is 4.79 Å². The van der Waals surface area contributed by atoms with Crippen LogP contribution in [0.15, 0.2) is 0 Å². The van der Waals surface area contributed by atoms with Crippen LogP contribution < -0.4 is 0 Å². The van der Waals surface area contributed by atoms with E-state index >= 15 is 0 Å². The molecule has 0 spiro atoms. The monoisotopic (exact) mass is 224 g/mol. The fraction of sp³-hybridized carbons (Fsp3) is 0.750. The number of aliphatic hydroxyl groups is 5. The van der Waals surface area contributed by atoms with Crippen molar-refractivity contribution in [2.24, 2.45) is 0 Å². The standard InChI is InChI=1S/C6H12O6.C2H4O/c7-1-3(9)5(11)6(12)4(10)2-8;1-2-3/h3,5-9,11-12H,1-2H2;2H,1H3. The number of hydrogen-bond acceptors (Lipinski definition) is 7. The van der Waals surface area contributed by atoms with Gasteiger partial charge in [-0.25, -0.2) is 0 Å². The number of rotatable bonds is 5. The van der Waals surface area contributed by atoms with Gasteiger partial charge in [-0.2, -0.15) is 0 Å². The van der Waals surface area contributed by atoms with Crippen LogP contribution >= 0.6 is 0 Å². The molecule has 0 aromatic rings. The Bertz CT molecular complexity index is 182. The first-order valence-electron chi connectivity index (χ1n) is 4.14. The molecule has 0 bridgehead atoms. The summed E-state index contributed by atoms with van der Waals surface area (Å²) in [7, 11) is 0. The zero-order valence-corrected chi connectivity index (χ0v) is 8.28. The second kappa shape index (κ2) is 9.69. The minimum absolute atomic E-state index is 0.750. The minimum atomic E-state index is -1.86. The second-order valence-corrected chi connectivity index (χ2v) is 2.55. The SMILES string of the molecule is CC=O.O=C(CO)C(O)C(O)C(O)CO. The summed E-state index contributed by atoms with van der Waals surface area (Å²) in [6.45, 7) is -0.243. The zero-order valence-electron chi connectivity index (χ0n) is 8.28. The molecule has 0 aromatic heterocycles. The van der Waals surface area contributed by atoms with Crippen LogP contribution in [-0.2, 0) is 9.59 Å². The molecule has 15 heavy (non-hydrogen) atoms. The third kappa shape index (κ3) is 7.11. The number of Topliss-reactive ketones (excluding diaryl/α,β-unsaturated/α-hetero) is 1. The molecule has 0 saturated carbocycles. The van der Waals surface area contributed by atoms with Gasteiger partial charge in [0.15, 0.2) is 5.78 Å². The Hall–Kier alpha value is -0.860. The number of hydrogen-bond donors (Lipinski definition) is 5. The van der Waals surface area contributed by atoms with Crippen molar-refractivity contribution >= 4 is 12.1 Å². The number of carbonyl (C=O) groups excluding carboxylic acids is 2. The Labute approximate surface area is 86.6 Å². The molecule has 5 N–H and O–H groups in total. The molecule has 0 aliphatic heterocycles. The number of carbonyl (C=O) groups is 2. The molecule has 0 saturated heterocycles. The topological polar surface area (TPSA) is 135 Å². The highest BCUT2D eigenvalue weighted by molar-refractivity contribution is 5.84. The molecule has 0 fully saturated rings. The highest BCUT2D eigenvalue weighted by atomic mass is 16.4. The predicted octanol–water partition coefficient (Wildman–Crippen LogP) is -3.17. The Balaban J connectivity index is 0. The van der Waals surface area contributed by atoms with Crippen molar-refractivity contribution in [1.29, 1.82) is 0 Å². The molecule has 0 amide bonds. The molecule has 0 radical (unpaired) electrons. The van der Waals surface area contributed by atoms with Gasteiger partial charge in [0, 0.05) is 0 Å². The third-order valence-electron chi connectivity index (χ3n) is 1.39. The molecule has 0 aromatic carbocycles. The summed E-state index contributed by atoms with van der Waals surface area (Å²) in [5.74, 6) is -1.00. The van der Waals surface area contributed by atoms with Gasteiger partial charge in [-0.05, 0) is 6.92 Å². The van der Waals surface area contributed by atoms with E-state index in [9.17, 15) is 4.79 Å². The molecule has 90 valence electrons. The Morgan fingerprint density at radius 1 is 1.27 bits per heavy atom. The van der Waals surface area contributed by atoms with Crippen molar-refractivity contribution < 1.29 is 35.1 Å². The van der Waals surface area contributed by atoms with Crippen LogP contribution in [0, 0.1) is 0 Å².